The zero-order valence-corrected chi connectivity index (χ0v) is 9.49. The van der Waals surface area contributed by atoms with Crippen molar-refractivity contribution in [3.63, 3.8) is 0 Å². The summed E-state index contributed by atoms with van der Waals surface area (Å²) in [6.07, 6.45) is 2.56. The molecule has 0 aliphatic heterocycles. The Hall–Kier alpha value is -0.610. The molecule has 2 atom stereocenters. The Morgan fingerprint density at radius 3 is 2.73 bits per heavy atom. The summed E-state index contributed by atoms with van der Waals surface area (Å²) in [5.41, 5.74) is 0.267. The smallest absolute Gasteiger partial charge is 0.306 e. The van der Waals surface area contributed by atoms with Crippen molar-refractivity contribution in [3.05, 3.63) is 0 Å². The first kappa shape index (κ1) is 12.5. The molecule has 0 aromatic heterocycles. The first-order valence-corrected chi connectivity index (χ1v) is 5.55. The van der Waals surface area contributed by atoms with E-state index in [-0.39, 0.29) is 11.8 Å². The summed E-state index contributed by atoms with van der Waals surface area (Å²) >= 11 is 0. The number of rotatable bonds is 5. The van der Waals surface area contributed by atoms with Crippen molar-refractivity contribution >= 4 is 5.97 Å². The normalized spacial score (nSPS) is 26.5. The van der Waals surface area contributed by atoms with Gasteiger partial charge in [-0.05, 0) is 18.3 Å². The third-order valence-electron chi connectivity index (χ3n) is 3.27. The average Bonchev–Trinajstić information content (AvgIpc) is 2.40. The number of hydrogen-bond acceptors (Lipinski definition) is 3. The van der Waals surface area contributed by atoms with Crippen molar-refractivity contribution in [2.75, 3.05) is 6.54 Å². The number of nitrogens with one attached hydrogen (secondary N) is 1. The number of carboxylic acids is 1. The van der Waals surface area contributed by atoms with Crippen LogP contribution in [0, 0.1) is 5.41 Å². The van der Waals surface area contributed by atoms with Gasteiger partial charge in [-0.2, -0.15) is 0 Å². The summed E-state index contributed by atoms with van der Waals surface area (Å²) < 4.78 is 0. The molecule has 0 amide bonds. The maximum absolute atomic E-state index is 10.3. The van der Waals surface area contributed by atoms with Crippen LogP contribution in [-0.2, 0) is 4.79 Å². The molecule has 3 N–H and O–H groups in total. The van der Waals surface area contributed by atoms with Gasteiger partial charge in [0.05, 0.1) is 12.5 Å². The lowest BCUT2D eigenvalue weighted by molar-refractivity contribution is -0.139. The Labute approximate surface area is 90.7 Å². The van der Waals surface area contributed by atoms with Gasteiger partial charge >= 0.3 is 5.97 Å². The van der Waals surface area contributed by atoms with Crippen molar-refractivity contribution in [3.8, 4) is 0 Å². The molecule has 15 heavy (non-hydrogen) atoms. The fraction of sp³-hybridized carbons (Fsp3) is 0.909. The zero-order chi connectivity index (χ0) is 11.5. The molecule has 0 bridgehead atoms. The maximum Gasteiger partial charge on any atom is 0.306 e. The van der Waals surface area contributed by atoms with Crippen LogP contribution in [0.2, 0.25) is 0 Å². The molecule has 0 saturated heterocycles. The van der Waals surface area contributed by atoms with Gasteiger partial charge in [-0.25, -0.2) is 0 Å². The lowest BCUT2D eigenvalue weighted by Gasteiger charge is -2.28. The molecule has 0 heterocycles. The zero-order valence-electron chi connectivity index (χ0n) is 9.49. The van der Waals surface area contributed by atoms with Crippen molar-refractivity contribution in [2.45, 2.75) is 51.7 Å². The number of aliphatic carboxylic acids is 1. The summed E-state index contributed by atoms with van der Waals surface area (Å²) in [7, 11) is 0. The van der Waals surface area contributed by atoms with E-state index in [0.717, 1.165) is 6.42 Å². The van der Waals surface area contributed by atoms with E-state index in [1.54, 1.807) is 0 Å². The van der Waals surface area contributed by atoms with Crippen LogP contribution in [0.15, 0.2) is 0 Å². The summed E-state index contributed by atoms with van der Waals surface area (Å²) in [5.74, 6) is -0.949. The molecule has 0 spiro atoms. The summed E-state index contributed by atoms with van der Waals surface area (Å²) in [4.78, 5) is 10.3. The van der Waals surface area contributed by atoms with E-state index in [0.29, 0.717) is 12.6 Å². The van der Waals surface area contributed by atoms with Gasteiger partial charge in [0.1, 0.15) is 0 Å². The minimum Gasteiger partial charge on any atom is -0.481 e. The van der Waals surface area contributed by atoms with Crippen LogP contribution in [0.5, 0.6) is 0 Å². The third-order valence-corrected chi connectivity index (χ3v) is 3.27. The average molecular weight is 215 g/mol. The van der Waals surface area contributed by atoms with Crippen molar-refractivity contribution in [1.82, 2.24) is 5.32 Å². The van der Waals surface area contributed by atoms with Crippen molar-refractivity contribution in [1.29, 1.82) is 0 Å². The predicted molar refractivity (Wildman–Crippen MR) is 57.7 cm³/mol. The third kappa shape index (κ3) is 3.80. The highest BCUT2D eigenvalue weighted by Crippen LogP contribution is 2.37. The molecule has 0 aromatic rings. The molecule has 1 fully saturated rings. The molecule has 1 rings (SSSR count). The van der Waals surface area contributed by atoms with Gasteiger partial charge in [-0.1, -0.05) is 20.3 Å². The molecule has 0 aromatic carbocycles. The van der Waals surface area contributed by atoms with Crippen LogP contribution in [-0.4, -0.2) is 34.9 Å². The summed E-state index contributed by atoms with van der Waals surface area (Å²) in [6, 6.07) is 0.404. The van der Waals surface area contributed by atoms with Gasteiger partial charge in [0.15, 0.2) is 0 Å². The van der Waals surface area contributed by atoms with Crippen LogP contribution in [0.1, 0.15) is 39.5 Å². The number of carbonyl (C=O) groups is 1. The van der Waals surface area contributed by atoms with E-state index < -0.39 is 12.1 Å². The van der Waals surface area contributed by atoms with Crippen LogP contribution in [0.25, 0.3) is 0 Å². The standard InChI is InChI=1S/C11H21NO3/c1-11(2)5-3-4-9(11)12-7-8(13)6-10(14)15/h8-9,12-13H,3-7H2,1-2H3,(H,14,15). The second-order valence-electron chi connectivity index (χ2n) is 5.09. The first-order chi connectivity index (χ1) is 6.92. The fourth-order valence-electron chi connectivity index (χ4n) is 2.26. The van der Waals surface area contributed by atoms with Crippen LogP contribution in [0.4, 0.5) is 0 Å². The van der Waals surface area contributed by atoms with Gasteiger partial charge < -0.3 is 15.5 Å². The summed E-state index contributed by atoms with van der Waals surface area (Å²) in [6.45, 7) is 4.79. The minimum absolute atomic E-state index is 0.180. The highest BCUT2D eigenvalue weighted by Gasteiger charge is 2.34. The van der Waals surface area contributed by atoms with E-state index >= 15 is 0 Å². The Morgan fingerprint density at radius 2 is 2.27 bits per heavy atom. The quantitative estimate of drug-likeness (QED) is 0.639. The SMILES string of the molecule is CC1(C)CCCC1NCC(O)CC(=O)O. The van der Waals surface area contributed by atoms with Gasteiger partial charge in [-0.15, -0.1) is 0 Å². The van der Waals surface area contributed by atoms with Gasteiger partial charge in [0, 0.05) is 12.6 Å². The van der Waals surface area contributed by atoms with E-state index in [1.807, 2.05) is 0 Å². The van der Waals surface area contributed by atoms with E-state index in [9.17, 15) is 9.90 Å². The molecule has 2 unspecified atom stereocenters. The topological polar surface area (TPSA) is 69.6 Å². The Balaban J connectivity index is 2.27. The van der Waals surface area contributed by atoms with Gasteiger partial charge in [0.2, 0.25) is 0 Å². The maximum atomic E-state index is 10.3. The Morgan fingerprint density at radius 1 is 1.60 bits per heavy atom. The van der Waals surface area contributed by atoms with Crippen molar-refractivity contribution in [2.24, 2.45) is 5.41 Å². The molecular formula is C11H21NO3. The number of aliphatic hydroxyl groups is 1. The monoisotopic (exact) mass is 215 g/mol. The highest BCUT2D eigenvalue weighted by molar-refractivity contribution is 5.67. The molecule has 4 heteroatoms. The van der Waals surface area contributed by atoms with E-state index in [4.69, 9.17) is 5.11 Å². The second kappa shape index (κ2) is 4.94. The lowest BCUT2D eigenvalue weighted by Crippen LogP contribution is -2.42. The number of carboxylic acid groups (broad SMARTS) is 1. The molecule has 0 radical (unpaired) electrons. The van der Waals surface area contributed by atoms with Crippen molar-refractivity contribution < 1.29 is 15.0 Å². The van der Waals surface area contributed by atoms with Gasteiger partial charge in [-0.3, -0.25) is 4.79 Å². The summed E-state index contributed by atoms with van der Waals surface area (Å²) in [5, 5.41) is 21.2. The van der Waals surface area contributed by atoms with Crippen LogP contribution >= 0.6 is 0 Å². The number of hydrogen-bond donors (Lipinski definition) is 3. The predicted octanol–water partition coefficient (Wildman–Crippen LogP) is 0.990. The van der Waals surface area contributed by atoms with E-state index in [2.05, 4.69) is 19.2 Å². The second-order valence-corrected chi connectivity index (χ2v) is 5.09. The Kier molecular flexibility index (Phi) is 4.11. The molecule has 1 saturated carbocycles. The minimum atomic E-state index is -0.949. The van der Waals surface area contributed by atoms with E-state index in [1.165, 1.54) is 12.8 Å². The number of aliphatic hydroxyl groups excluding tert-OH is 1. The molecule has 88 valence electrons. The van der Waals surface area contributed by atoms with Gasteiger partial charge in [0.25, 0.3) is 0 Å². The Bertz CT molecular complexity index is 228. The van der Waals surface area contributed by atoms with Crippen LogP contribution < -0.4 is 5.32 Å². The lowest BCUT2D eigenvalue weighted by atomic mass is 9.87. The molecule has 4 nitrogen and oxygen atoms in total. The highest BCUT2D eigenvalue weighted by atomic mass is 16.4. The van der Waals surface area contributed by atoms with Crippen LogP contribution in [0.3, 0.4) is 0 Å². The first-order valence-electron chi connectivity index (χ1n) is 5.55. The fourth-order valence-corrected chi connectivity index (χ4v) is 2.26. The molecule has 1 aliphatic rings. The molecular weight excluding hydrogens is 194 g/mol. The molecule has 1 aliphatic carbocycles. The largest absolute Gasteiger partial charge is 0.481 e.